The van der Waals surface area contributed by atoms with Gasteiger partial charge in [-0.3, -0.25) is 0 Å². The quantitative estimate of drug-likeness (QED) is 0.833. The van der Waals surface area contributed by atoms with Gasteiger partial charge in [-0.25, -0.2) is 0 Å². The fourth-order valence-electron chi connectivity index (χ4n) is 3.45. The van der Waals surface area contributed by atoms with Gasteiger partial charge >= 0.3 is 0 Å². The first-order chi connectivity index (χ1) is 8.42. The van der Waals surface area contributed by atoms with Crippen LogP contribution in [-0.2, 0) is 6.42 Å². The zero-order chi connectivity index (χ0) is 13.3. The number of aryl methyl sites for hydroxylation is 3. The summed E-state index contributed by atoms with van der Waals surface area (Å²) in [5.41, 5.74) is 4.86. The van der Waals surface area contributed by atoms with Gasteiger partial charge in [0.15, 0.2) is 0 Å². The molecule has 0 heterocycles. The summed E-state index contributed by atoms with van der Waals surface area (Å²) in [7, 11) is 0. The largest absolute Gasteiger partial charge is 0.389 e. The first-order valence-corrected chi connectivity index (χ1v) is 7.21. The van der Waals surface area contributed by atoms with Gasteiger partial charge < -0.3 is 5.11 Å². The molecule has 1 aliphatic carbocycles. The van der Waals surface area contributed by atoms with Gasteiger partial charge in [0.2, 0.25) is 0 Å². The van der Waals surface area contributed by atoms with E-state index in [0.29, 0.717) is 5.92 Å². The fraction of sp³-hybridized carbons (Fsp3) is 0.647. The molecule has 1 fully saturated rings. The molecule has 1 saturated carbocycles. The van der Waals surface area contributed by atoms with E-state index in [4.69, 9.17) is 0 Å². The number of hydrogen-bond donors (Lipinski definition) is 1. The Kier molecular flexibility index (Phi) is 3.82. The second-order valence-electron chi connectivity index (χ2n) is 6.30. The van der Waals surface area contributed by atoms with Crippen LogP contribution in [-0.4, -0.2) is 10.7 Å². The van der Waals surface area contributed by atoms with Gasteiger partial charge in [-0.05, 0) is 56.2 Å². The minimum Gasteiger partial charge on any atom is -0.389 e. The second-order valence-corrected chi connectivity index (χ2v) is 6.30. The van der Waals surface area contributed by atoms with Crippen molar-refractivity contribution in [1.82, 2.24) is 0 Å². The van der Waals surface area contributed by atoms with Crippen LogP contribution in [0.25, 0.3) is 0 Å². The number of hydrogen-bond acceptors (Lipinski definition) is 1. The molecule has 1 heteroatoms. The van der Waals surface area contributed by atoms with E-state index in [-0.39, 0.29) is 0 Å². The third kappa shape index (κ3) is 2.61. The topological polar surface area (TPSA) is 20.2 Å². The van der Waals surface area contributed by atoms with Crippen molar-refractivity contribution < 1.29 is 5.11 Å². The highest BCUT2D eigenvalue weighted by atomic mass is 16.3. The van der Waals surface area contributed by atoms with E-state index in [1.54, 1.807) is 0 Å². The molecule has 1 N–H and O–H groups in total. The summed E-state index contributed by atoms with van der Waals surface area (Å²) in [6, 6.07) is 4.47. The Bertz CT molecular complexity index is 412. The maximum atomic E-state index is 10.9. The van der Waals surface area contributed by atoms with Crippen molar-refractivity contribution in [3.05, 3.63) is 34.4 Å². The molecule has 1 nitrogen and oxygen atoms in total. The molecule has 2 atom stereocenters. The molecular formula is C17H26O. The van der Waals surface area contributed by atoms with E-state index in [1.807, 2.05) is 0 Å². The summed E-state index contributed by atoms with van der Waals surface area (Å²) in [6.45, 7) is 8.69. The SMILES string of the molecule is Cc1cc(C)c(CC2(O)CCCCC2C)c(C)c1. The van der Waals surface area contributed by atoms with Crippen LogP contribution >= 0.6 is 0 Å². The van der Waals surface area contributed by atoms with Gasteiger partial charge in [-0.2, -0.15) is 0 Å². The standard InChI is InChI=1S/C17H26O/c1-12-9-13(2)16(14(3)10-12)11-17(18)8-6-5-7-15(17)4/h9-10,15,18H,5-8,11H2,1-4H3. The highest BCUT2D eigenvalue weighted by molar-refractivity contribution is 5.38. The van der Waals surface area contributed by atoms with Crippen molar-refractivity contribution in [3.63, 3.8) is 0 Å². The zero-order valence-corrected chi connectivity index (χ0v) is 12.2. The van der Waals surface area contributed by atoms with E-state index < -0.39 is 5.60 Å². The fourth-order valence-corrected chi connectivity index (χ4v) is 3.45. The Balaban J connectivity index is 2.28. The van der Waals surface area contributed by atoms with Gasteiger partial charge in [0, 0.05) is 6.42 Å². The number of benzene rings is 1. The minimum absolute atomic E-state index is 0.423. The van der Waals surface area contributed by atoms with Gasteiger partial charge in [0.05, 0.1) is 5.60 Å². The molecule has 1 aliphatic rings. The summed E-state index contributed by atoms with van der Waals surface area (Å²) in [5.74, 6) is 0.423. The first-order valence-electron chi connectivity index (χ1n) is 7.21. The second kappa shape index (κ2) is 5.05. The summed E-state index contributed by atoms with van der Waals surface area (Å²) < 4.78 is 0. The molecule has 1 aromatic rings. The Labute approximate surface area is 111 Å². The van der Waals surface area contributed by atoms with E-state index in [1.165, 1.54) is 41.5 Å². The number of aliphatic hydroxyl groups is 1. The minimum atomic E-state index is -0.483. The van der Waals surface area contributed by atoms with Crippen LogP contribution in [0.5, 0.6) is 0 Å². The van der Waals surface area contributed by atoms with Crippen molar-refractivity contribution in [2.75, 3.05) is 0 Å². The third-order valence-electron chi connectivity index (χ3n) is 4.74. The van der Waals surface area contributed by atoms with Gasteiger partial charge in [-0.15, -0.1) is 0 Å². The Morgan fingerprint density at radius 2 is 1.78 bits per heavy atom. The van der Waals surface area contributed by atoms with Gasteiger partial charge in [0.25, 0.3) is 0 Å². The highest BCUT2D eigenvalue weighted by Crippen LogP contribution is 2.37. The Morgan fingerprint density at radius 1 is 1.17 bits per heavy atom. The molecule has 0 aromatic heterocycles. The molecule has 0 radical (unpaired) electrons. The van der Waals surface area contributed by atoms with E-state index in [9.17, 15) is 5.11 Å². The Hall–Kier alpha value is -0.820. The summed E-state index contributed by atoms with van der Waals surface area (Å²) in [6.07, 6.45) is 5.40. The van der Waals surface area contributed by atoms with Crippen molar-refractivity contribution in [2.24, 2.45) is 5.92 Å². The van der Waals surface area contributed by atoms with E-state index in [0.717, 1.165) is 12.8 Å². The predicted octanol–water partition coefficient (Wildman–Crippen LogP) is 4.10. The van der Waals surface area contributed by atoms with Crippen LogP contribution in [0.15, 0.2) is 12.1 Å². The lowest BCUT2D eigenvalue weighted by Gasteiger charge is -2.39. The highest BCUT2D eigenvalue weighted by Gasteiger charge is 2.36. The van der Waals surface area contributed by atoms with Crippen LogP contribution in [0.1, 0.15) is 54.9 Å². The average molecular weight is 246 g/mol. The van der Waals surface area contributed by atoms with E-state index >= 15 is 0 Å². The van der Waals surface area contributed by atoms with Crippen molar-refractivity contribution in [2.45, 2.75) is 65.4 Å². The van der Waals surface area contributed by atoms with Crippen molar-refractivity contribution in [1.29, 1.82) is 0 Å². The van der Waals surface area contributed by atoms with Crippen LogP contribution < -0.4 is 0 Å². The molecule has 0 spiro atoms. The molecular weight excluding hydrogens is 220 g/mol. The lowest BCUT2D eigenvalue weighted by molar-refractivity contribution is -0.0407. The zero-order valence-electron chi connectivity index (χ0n) is 12.2. The van der Waals surface area contributed by atoms with Gasteiger partial charge in [-0.1, -0.05) is 37.5 Å². The lowest BCUT2D eigenvalue weighted by Crippen LogP contribution is -2.41. The predicted molar refractivity (Wildman–Crippen MR) is 76.9 cm³/mol. The molecule has 1 aromatic carbocycles. The molecule has 0 aliphatic heterocycles. The molecule has 2 unspecified atom stereocenters. The summed E-state index contributed by atoms with van der Waals surface area (Å²) >= 11 is 0. The molecule has 0 bridgehead atoms. The maximum Gasteiger partial charge on any atom is 0.0713 e. The summed E-state index contributed by atoms with van der Waals surface area (Å²) in [4.78, 5) is 0. The lowest BCUT2D eigenvalue weighted by atomic mass is 9.72. The third-order valence-corrected chi connectivity index (χ3v) is 4.74. The van der Waals surface area contributed by atoms with Crippen molar-refractivity contribution in [3.8, 4) is 0 Å². The average Bonchev–Trinajstić information content (AvgIpc) is 2.28. The molecule has 100 valence electrons. The molecule has 0 saturated heterocycles. The van der Waals surface area contributed by atoms with Crippen LogP contribution in [0, 0.1) is 26.7 Å². The normalized spacial score (nSPS) is 28.4. The summed E-state index contributed by atoms with van der Waals surface area (Å²) in [5, 5.41) is 10.9. The number of rotatable bonds is 2. The van der Waals surface area contributed by atoms with Crippen LogP contribution in [0.3, 0.4) is 0 Å². The van der Waals surface area contributed by atoms with Crippen molar-refractivity contribution >= 4 is 0 Å². The van der Waals surface area contributed by atoms with E-state index in [2.05, 4.69) is 39.8 Å². The molecule has 0 amide bonds. The molecule has 2 rings (SSSR count). The van der Waals surface area contributed by atoms with Gasteiger partial charge in [0.1, 0.15) is 0 Å². The Morgan fingerprint density at radius 3 is 2.33 bits per heavy atom. The first kappa shape index (κ1) is 13.6. The molecule has 18 heavy (non-hydrogen) atoms. The van der Waals surface area contributed by atoms with Crippen LogP contribution in [0.2, 0.25) is 0 Å². The van der Waals surface area contributed by atoms with Crippen LogP contribution in [0.4, 0.5) is 0 Å². The smallest absolute Gasteiger partial charge is 0.0713 e. The maximum absolute atomic E-state index is 10.9. The monoisotopic (exact) mass is 246 g/mol.